The summed E-state index contributed by atoms with van der Waals surface area (Å²) in [7, 11) is 1.45. The summed E-state index contributed by atoms with van der Waals surface area (Å²) in [5.74, 6) is 1.53. The molecule has 0 unspecified atom stereocenters. The van der Waals surface area contributed by atoms with Crippen LogP contribution in [0.5, 0.6) is 17.2 Å². The van der Waals surface area contributed by atoms with Crippen molar-refractivity contribution in [1.29, 1.82) is 0 Å². The summed E-state index contributed by atoms with van der Waals surface area (Å²) in [4.78, 5) is 14.6. The minimum atomic E-state index is -0.665. The van der Waals surface area contributed by atoms with Crippen LogP contribution in [0.3, 0.4) is 0 Å². The van der Waals surface area contributed by atoms with Gasteiger partial charge in [-0.15, -0.1) is 0 Å². The first kappa shape index (κ1) is 24.4. The van der Waals surface area contributed by atoms with Gasteiger partial charge in [-0.1, -0.05) is 25.1 Å². The van der Waals surface area contributed by atoms with Crippen molar-refractivity contribution in [3.05, 3.63) is 52.6 Å². The van der Waals surface area contributed by atoms with Gasteiger partial charge in [0.15, 0.2) is 11.5 Å². The van der Waals surface area contributed by atoms with Crippen LogP contribution in [0.25, 0.3) is 0 Å². The highest BCUT2D eigenvalue weighted by Gasteiger charge is 2.34. The zero-order valence-electron chi connectivity index (χ0n) is 21.5. The lowest BCUT2D eigenvalue weighted by molar-refractivity contribution is -0.150. The van der Waals surface area contributed by atoms with Crippen molar-refractivity contribution in [1.82, 2.24) is 4.90 Å². The summed E-state index contributed by atoms with van der Waals surface area (Å²) in [6.45, 7) is 14.4. The first-order valence-corrected chi connectivity index (χ1v) is 12.1. The van der Waals surface area contributed by atoms with Gasteiger partial charge in [-0.2, -0.15) is 0 Å². The Morgan fingerprint density at radius 3 is 2.53 bits per heavy atom. The molecule has 2 aromatic carbocycles. The number of carbonyl (C=O) groups is 1. The molecule has 0 N–H and O–H groups in total. The van der Waals surface area contributed by atoms with E-state index in [1.165, 1.54) is 18.2 Å². The van der Waals surface area contributed by atoms with Gasteiger partial charge in [-0.3, -0.25) is 9.69 Å². The van der Waals surface area contributed by atoms with Crippen molar-refractivity contribution >= 4 is 5.97 Å². The fraction of sp³-hybridized carbons (Fsp3) is 0.536. The smallest absolute Gasteiger partial charge is 0.311 e. The van der Waals surface area contributed by atoms with E-state index < -0.39 is 11.2 Å². The van der Waals surface area contributed by atoms with E-state index in [-0.39, 0.29) is 12.1 Å². The minimum absolute atomic E-state index is 0.0939. The summed E-state index contributed by atoms with van der Waals surface area (Å²) in [6.07, 6.45) is 1.65. The summed E-state index contributed by atoms with van der Waals surface area (Å²) >= 11 is 0. The second-order valence-electron chi connectivity index (χ2n) is 10.6. The highest BCUT2D eigenvalue weighted by Crippen LogP contribution is 2.44. The fourth-order valence-electron chi connectivity index (χ4n) is 4.77. The second-order valence-corrected chi connectivity index (χ2v) is 10.6. The molecule has 2 aromatic rings. The molecule has 0 saturated heterocycles. The van der Waals surface area contributed by atoms with Gasteiger partial charge in [0, 0.05) is 45.1 Å². The van der Waals surface area contributed by atoms with Crippen LogP contribution in [0, 0.1) is 12.3 Å². The van der Waals surface area contributed by atoms with Gasteiger partial charge in [-0.25, -0.2) is 0 Å². The number of aryl methyl sites for hydroxylation is 1. The molecule has 4 rings (SSSR count). The SMILES string of the molecule is CC[C@@H]1CN(Cc2cc(CC(C)(C)C(=O)OC)ccc2C)Cc2cc3c(cc2O1)OC(C)(C)O3. The number of nitrogens with zero attached hydrogens (tertiary/aromatic N) is 1. The first-order chi connectivity index (χ1) is 16.0. The fourth-order valence-corrected chi connectivity index (χ4v) is 4.77. The van der Waals surface area contributed by atoms with Crippen molar-refractivity contribution in [3.63, 3.8) is 0 Å². The first-order valence-electron chi connectivity index (χ1n) is 12.1. The summed E-state index contributed by atoms with van der Waals surface area (Å²) in [6, 6.07) is 10.5. The molecule has 0 amide bonds. The molecule has 184 valence electrons. The molecular weight excluding hydrogens is 430 g/mol. The lowest BCUT2D eigenvalue weighted by Gasteiger charge is -2.25. The van der Waals surface area contributed by atoms with Crippen LogP contribution in [0.1, 0.15) is 63.3 Å². The monoisotopic (exact) mass is 467 g/mol. The van der Waals surface area contributed by atoms with Gasteiger partial charge in [-0.05, 0) is 56.4 Å². The van der Waals surface area contributed by atoms with E-state index in [0.717, 1.165) is 54.4 Å². The standard InChI is InChI=1S/C28H37NO5/c1-8-22-17-29(16-21-12-24-25(13-23(21)32-22)34-28(5,6)33-24)15-20-11-19(10-9-18(20)2)14-27(3,4)26(30)31-7/h9-13,22H,8,14-17H2,1-7H3/t22-/m1/s1. The third kappa shape index (κ3) is 5.17. The highest BCUT2D eigenvalue weighted by molar-refractivity contribution is 5.76. The summed E-state index contributed by atoms with van der Waals surface area (Å²) in [5.41, 5.74) is 4.18. The number of methoxy groups -OCH3 is 1. The van der Waals surface area contributed by atoms with E-state index in [9.17, 15) is 4.79 Å². The number of rotatable bonds is 6. The lowest BCUT2D eigenvalue weighted by Crippen LogP contribution is -2.32. The molecule has 34 heavy (non-hydrogen) atoms. The number of fused-ring (bicyclic) bond motifs is 2. The molecule has 0 fully saturated rings. The maximum atomic E-state index is 12.2. The van der Waals surface area contributed by atoms with Gasteiger partial charge in [0.1, 0.15) is 11.9 Å². The molecule has 6 nitrogen and oxygen atoms in total. The topological polar surface area (TPSA) is 57.2 Å². The molecular formula is C28H37NO5. The highest BCUT2D eigenvalue weighted by atomic mass is 16.7. The third-order valence-corrected chi connectivity index (χ3v) is 6.63. The Morgan fingerprint density at radius 1 is 1.15 bits per heavy atom. The van der Waals surface area contributed by atoms with Crippen LogP contribution < -0.4 is 14.2 Å². The van der Waals surface area contributed by atoms with Gasteiger partial charge < -0.3 is 18.9 Å². The molecule has 0 bridgehead atoms. The second kappa shape index (κ2) is 9.14. The third-order valence-electron chi connectivity index (χ3n) is 6.63. The van der Waals surface area contributed by atoms with Crippen LogP contribution >= 0.6 is 0 Å². The van der Waals surface area contributed by atoms with Gasteiger partial charge >= 0.3 is 5.97 Å². The zero-order valence-corrected chi connectivity index (χ0v) is 21.5. The number of hydrogen-bond acceptors (Lipinski definition) is 6. The molecule has 2 aliphatic heterocycles. The van der Waals surface area contributed by atoms with E-state index in [4.69, 9.17) is 18.9 Å². The predicted octanol–water partition coefficient (Wildman–Crippen LogP) is 5.42. The van der Waals surface area contributed by atoms with E-state index in [1.807, 2.05) is 33.8 Å². The maximum absolute atomic E-state index is 12.2. The van der Waals surface area contributed by atoms with Crippen LogP contribution in [-0.4, -0.2) is 36.4 Å². The van der Waals surface area contributed by atoms with Crippen LogP contribution in [0.2, 0.25) is 0 Å². The molecule has 0 aliphatic carbocycles. The molecule has 6 heteroatoms. The molecule has 0 saturated carbocycles. The van der Waals surface area contributed by atoms with Gasteiger partial charge in [0.2, 0.25) is 5.79 Å². The van der Waals surface area contributed by atoms with E-state index >= 15 is 0 Å². The molecule has 2 heterocycles. The molecule has 0 radical (unpaired) electrons. The molecule has 1 atom stereocenters. The van der Waals surface area contributed by atoms with Crippen molar-refractivity contribution in [3.8, 4) is 17.2 Å². The minimum Gasteiger partial charge on any atom is -0.489 e. The normalized spacial score (nSPS) is 19.2. The Labute approximate surface area is 203 Å². The number of ether oxygens (including phenoxy) is 4. The number of carbonyl (C=O) groups excluding carboxylic acids is 1. The van der Waals surface area contributed by atoms with E-state index in [1.54, 1.807) is 0 Å². The zero-order chi connectivity index (χ0) is 24.7. The van der Waals surface area contributed by atoms with Crippen molar-refractivity contribution < 1.29 is 23.7 Å². The van der Waals surface area contributed by atoms with Gasteiger partial charge in [0.05, 0.1) is 12.5 Å². The molecule has 2 aliphatic rings. The summed E-state index contributed by atoms with van der Waals surface area (Å²) in [5, 5.41) is 0. The maximum Gasteiger partial charge on any atom is 0.311 e. The lowest BCUT2D eigenvalue weighted by atomic mass is 9.85. The Kier molecular flexibility index (Phi) is 6.56. The predicted molar refractivity (Wildman–Crippen MR) is 131 cm³/mol. The van der Waals surface area contributed by atoms with Gasteiger partial charge in [0.25, 0.3) is 0 Å². The summed E-state index contributed by atoms with van der Waals surface area (Å²) < 4.78 is 23.3. The largest absolute Gasteiger partial charge is 0.489 e. The average molecular weight is 468 g/mol. The number of esters is 1. The Bertz CT molecular complexity index is 1070. The van der Waals surface area contributed by atoms with E-state index in [2.05, 4.69) is 43.0 Å². The van der Waals surface area contributed by atoms with Crippen LogP contribution in [0.15, 0.2) is 30.3 Å². The Hall–Kier alpha value is -2.73. The van der Waals surface area contributed by atoms with Crippen molar-refractivity contribution in [2.45, 2.75) is 79.4 Å². The van der Waals surface area contributed by atoms with Crippen molar-refractivity contribution in [2.24, 2.45) is 5.41 Å². The number of hydrogen-bond donors (Lipinski definition) is 0. The Balaban J connectivity index is 1.58. The van der Waals surface area contributed by atoms with Crippen LogP contribution in [-0.2, 0) is 29.0 Å². The Morgan fingerprint density at radius 2 is 1.85 bits per heavy atom. The van der Waals surface area contributed by atoms with E-state index in [0.29, 0.717) is 6.42 Å². The molecule has 0 aromatic heterocycles. The quantitative estimate of drug-likeness (QED) is 0.529. The van der Waals surface area contributed by atoms with Crippen molar-refractivity contribution in [2.75, 3.05) is 13.7 Å². The average Bonchev–Trinajstić information content (AvgIpc) is 2.95. The number of benzene rings is 2. The molecule has 0 spiro atoms. The van der Waals surface area contributed by atoms with Crippen LogP contribution in [0.4, 0.5) is 0 Å².